The van der Waals surface area contributed by atoms with E-state index in [1.54, 1.807) is 23.3 Å². The van der Waals surface area contributed by atoms with Crippen molar-refractivity contribution in [2.24, 2.45) is 7.05 Å². The van der Waals surface area contributed by atoms with Crippen molar-refractivity contribution >= 4 is 15.9 Å². The molecule has 78 valence electrons. The smallest absolute Gasteiger partial charge is 0.139 e. The van der Waals surface area contributed by atoms with Crippen LogP contribution in [0.3, 0.4) is 0 Å². The molecule has 0 spiro atoms. The van der Waals surface area contributed by atoms with Gasteiger partial charge in [-0.3, -0.25) is 9.67 Å². The van der Waals surface area contributed by atoms with E-state index in [1.807, 2.05) is 19.3 Å². The van der Waals surface area contributed by atoms with Crippen molar-refractivity contribution in [3.8, 4) is 5.75 Å². The van der Waals surface area contributed by atoms with Crippen molar-refractivity contribution < 1.29 is 4.74 Å². The molecule has 0 aliphatic heterocycles. The van der Waals surface area contributed by atoms with Crippen LogP contribution in [0.1, 0.15) is 5.56 Å². The highest BCUT2D eigenvalue weighted by Crippen LogP contribution is 2.16. The van der Waals surface area contributed by atoms with Gasteiger partial charge >= 0.3 is 0 Å². The zero-order chi connectivity index (χ0) is 10.7. The van der Waals surface area contributed by atoms with Crippen LogP contribution in [0.15, 0.2) is 35.3 Å². The van der Waals surface area contributed by atoms with Crippen molar-refractivity contribution in [3.05, 3.63) is 40.9 Å². The molecule has 2 aromatic rings. The Morgan fingerprint density at radius 1 is 1.40 bits per heavy atom. The molecule has 0 radical (unpaired) electrons. The van der Waals surface area contributed by atoms with Crippen LogP contribution in [-0.2, 0) is 13.7 Å². The molecule has 5 heteroatoms. The number of nitrogens with zero attached hydrogens (tertiary/aromatic N) is 3. The van der Waals surface area contributed by atoms with Crippen molar-refractivity contribution in [2.45, 2.75) is 6.61 Å². The summed E-state index contributed by atoms with van der Waals surface area (Å²) >= 11 is 3.33. The highest BCUT2D eigenvalue weighted by Gasteiger charge is 1.99. The highest BCUT2D eigenvalue weighted by atomic mass is 79.9. The molecule has 0 N–H and O–H groups in total. The molecular weight excluding hydrogens is 258 g/mol. The number of hydrogen-bond acceptors (Lipinski definition) is 3. The van der Waals surface area contributed by atoms with Crippen LogP contribution < -0.4 is 4.74 Å². The molecule has 2 heterocycles. The van der Waals surface area contributed by atoms with Crippen LogP contribution in [-0.4, -0.2) is 14.8 Å². The second-order valence-corrected chi connectivity index (χ2v) is 4.07. The summed E-state index contributed by atoms with van der Waals surface area (Å²) < 4.78 is 8.20. The predicted molar refractivity (Wildman–Crippen MR) is 59.5 cm³/mol. The number of pyridine rings is 1. The quantitative estimate of drug-likeness (QED) is 0.856. The van der Waals surface area contributed by atoms with Crippen LogP contribution in [0.2, 0.25) is 0 Å². The normalized spacial score (nSPS) is 10.3. The first-order valence-corrected chi connectivity index (χ1v) is 5.24. The molecule has 0 aromatic carbocycles. The maximum Gasteiger partial charge on any atom is 0.139 e. The first-order valence-electron chi connectivity index (χ1n) is 4.45. The molecule has 0 saturated carbocycles. The third-order valence-corrected chi connectivity index (χ3v) is 2.28. The summed E-state index contributed by atoms with van der Waals surface area (Å²) in [5.74, 6) is 0.744. The summed E-state index contributed by atoms with van der Waals surface area (Å²) in [5.41, 5.74) is 1.04. The molecule has 0 aliphatic carbocycles. The van der Waals surface area contributed by atoms with Gasteiger partial charge in [0.15, 0.2) is 0 Å². The molecule has 0 amide bonds. The van der Waals surface area contributed by atoms with Crippen LogP contribution in [0.4, 0.5) is 0 Å². The van der Waals surface area contributed by atoms with Gasteiger partial charge in [-0.1, -0.05) is 0 Å². The second-order valence-electron chi connectivity index (χ2n) is 3.15. The fraction of sp³-hybridized carbons (Fsp3) is 0.200. The van der Waals surface area contributed by atoms with E-state index in [0.29, 0.717) is 6.61 Å². The van der Waals surface area contributed by atoms with E-state index in [2.05, 4.69) is 26.0 Å². The van der Waals surface area contributed by atoms with Gasteiger partial charge in [0.2, 0.25) is 0 Å². The van der Waals surface area contributed by atoms with Gasteiger partial charge < -0.3 is 4.74 Å². The van der Waals surface area contributed by atoms with E-state index < -0.39 is 0 Å². The number of aromatic nitrogens is 3. The van der Waals surface area contributed by atoms with Gasteiger partial charge in [0.1, 0.15) is 12.4 Å². The Hall–Kier alpha value is -1.36. The Kier molecular flexibility index (Phi) is 3.01. The number of hydrogen-bond donors (Lipinski definition) is 0. The van der Waals surface area contributed by atoms with Gasteiger partial charge in [0, 0.05) is 29.5 Å². The maximum atomic E-state index is 5.54. The molecular formula is C10H10BrN3O. The van der Waals surface area contributed by atoms with Crippen molar-refractivity contribution in [3.63, 3.8) is 0 Å². The maximum absolute atomic E-state index is 5.54. The first-order chi connectivity index (χ1) is 7.24. The van der Waals surface area contributed by atoms with E-state index in [0.717, 1.165) is 15.8 Å². The molecule has 0 atom stereocenters. The fourth-order valence-corrected chi connectivity index (χ4v) is 1.53. The number of rotatable bonds is 3. The third kappa shape index (κ3) is 2.79. The zero-order valence-corrected chi connectivity index (χ0v) is 9.81. The van der Waals surface area contributed by atoms with Crippen molar-refractivity contribution in [1.29, 1.82) is 0 Å². The summed E-state index contributed by atoms with van der Waals surface area (Å²) in [5, 5.41) is 4.06. The van der Waals surface area contributed by atoms with Crippen LogP contribution in [0, 0.1) is 0 Å². The minimum atomic E-state index is 0.506. The number of halogens is 1. The Labute approximate surface area is 96.0 Å². The Morgan fingerprint density at radius 2 is 2.27 bits per heavy atom. The molecule has 15 heavy (non-hydrogen) atoms. The topological polar surface area (TPSA) is 39.9 Å². The van der Waals surface area contributed by atoms with Crippen molar-refractivity contribution in [1.82, 2.24) is 14.8 Å². The molecule has 0 aliphatic rings. The molecule has 2 aromatic heterocycles. The predicted octanol–water partition coefficient (Wildman–Crippen LogP) is 2.16. The van der Waals surface area contributed by atoms with Gasteiger partial charge in [-0.25, -0.2) is 0 Å². The number of aryl methyl sites for hydroxylation is 1. The molecule has 2 rings (SSSR count). The Morgan fingerprint density at radius 3 is 2.93 bits per heavy atom. The lowest BCUT2D eigenvalue weighted by atomic mass is 10.4. The summed E-state index contributed by atoms with van der Waals surface area (Å²) in [6.07, 6.45) is 7.11. The van der Waals surface area contributed by atoms with Gasteiger partial charge in [0.25, 0.3) is 0 Å². The Balaban J connectivity index is 1.99. The van der Waals surface area contributed by atoms with Crippen LogP contribution >= 0.6 is 15.9 Å². The van der Waals surface area contributed by atoms with E-state index in [4.69, 9.17) is 4.74 Å². The Bertz CT molecular complexity index is 455. The van der Waals surface area contributed by atoms with Crippen LogP contribution in [0.5, 0.6) is 5.75 Å². The summed E-state index contributed by atoms with van der Waals surface area (Å²) in [6, 6.07) is 1.88. The van der Waals surface area contributed by atoms with E-state index in [-0.39, 0.29) is 0 Å². The van der Waals surface area contributed by atoms with Crippen molar-refractivity contribution in [2.75, 3.05) is 0 Å². The standard InChI is InChI=1S/C10H10BrN3O/c1-14-6-8(3-13-14)7-15-10-2-9(11)4-12-5-10/h2-6H,7H2,1H3. The monoisotopic (exact) mass is 267 g/mol. The van der Waals surface area contributed by atoms with Gasteiger partial charge in [-0.15, -0.1) is 0 Å². The lowest BCUT2D eigenvalue weighted by Crippen LogP contribution is -1.94. The van der Waals surface area contributed by atoms with Gasteiger partial charge in [-0.2, -0.15) is 5.10 Å². The van der Waals surface area contributed by atoms with E-state index in [1.165, 1.54) is 0 Å². The lowest BCUT2D eigenvalue weighted by molar-refractivity contribution is 0.304. The first kappa shape index (κ1) is 10.2. The largest absolute Gasteiger partial charge is 0.487 e. The SMILES string of the molecule is Cn1cc(COc2cncc(Br)c2)cn1. The molecule has 0 saturated heterocycles. The van der Waals surface area contributed by atoms with Gasteiger partial charge in [-0.05, 0) is 22.0 Å². The number of ether oxygens (including phenoxy) is 1. The summed E-state index contributed by atoms with van der Waals surface area (Å²) in [4.78, 5) is 4.01. The second kappa shape index (κ2) is 4.44. The average Bonchev–Trinajstić information content (AvgIpc) is 2.62. The van der Waals surface area contributed by atoms with E-state index in [9.17, 15) is 0 Å². The fourth-order valence-electron chi connectivity index (χ4n) is 1.18. The summed E-state index contributed by atoms with van der Waals surface area (Å²) in [7, 11) is 1.88. The van der Waals surface area contributed by atoms with Gasteiger partial charge in [0.05, 0.1) is 12.4 Å². The zero-order valence-electron chi connectivity index (χ0n) is 8.22. The summed E-state index contributed by atoms with van der Waals surface area (Å²) in [6.45, 7) is 0.506. The minimum Gasteiger partial charge on any atom is -0.487 e. The third-order valence-electron chi connectivity index (χ3n) is 1.84. The molecule has 0 bridgehead atoms. The average molecular weight is 268 g/mol. The molecule has 4 nitrogen and oxygen atoms in total. The minimum absolute atomic E-state index is 0.506. The highest BCUT2D eigenvalue weighted by molar-refractivity contribution is 9.10. The lowest BCUT2D eigenvalue weighted by Gasteiger charge is -2.03. The molecule has 0 fully saturated rings. The molecule has 0 unspecified atom stereocenters. The van der Waals surface area contributed by atoms with Crippen LogP contribution in [0.25, 0.3) is 0 Å². The van der Waals surface area contributed by atoms with E-state index >= 15 is 0 Å².